The van der Waals surface area contributed by atoms with Gasteiger partial charge in [0.05, 0.1) is 5.56 Å². The van der Waals surface area contributed by atoms with Crippen molar-refractivity contribution >= 4 is 5.97 Å². The summed E-state index contributed by atoms with van der Waals surface area (Å²) in [5, 5.41) is 0. The second-order valence-electron chi connectivity index (χ2n) is 2.94. The molecule has 3 heteroatoms. The molecule has 0 saturated carbocycles. The molecule has 0 unspecified atom stereocenters. The van der Waals surface area contributed by atoms with Crippen LogP contribution in [0.15, 0.2) is 24.3 Å². The third kappa shape index (κ3) is 2.57. The quantitative estimate of drug-likeness (QED) is 0.735. The van der Waals surface area contributed by atoms with E-state index in [1.165, 1.54) is 0 Å². The zero-order valence-corrected chi connectivity index (χ0v) is 8.32. The van der Waals surface area contributed by atoms with Crippen molar-refractivity contribution in [1.29, 1.82) is 0 Å². The number of aryl methyl sites for hydroxylation is 1. The molecule has 0 aliphatic heterocycles. The highest BCUT2D eigenvalue weighted by atomic mass is 16.5. The van der Waals surface area contributed by atoms with Crippen LogP contribution in [0.3, 0.4) is 0 Å². The molecule has 2 N–H and O–H groups in total. The number of ether oxygens (including phenoxy) is 1. The first-order chi connectivity index (χ1) is 6.79. The fraction of sp³-hybridized carbons (Fsp3) is 0.364. The van der Waals surface area contributed by atoms with E-state index in [-0.39, 0.29) is 12.6 Å². The summed E-state index contributed by atoms with van der Waals surface area (Å²) in [4.78, 5) is 11.5. The Hall–Kier alpha value is -1.35. The van der Waals surface area contributed by atoms with Crippen LogP contribution in [-0.2, 0) is 11.2 Å². The van der Waals surface area contributed by atoms with E-state index in [2.05, 4.69) is 0 Å². The molecular weight excluding hydrogens is 178 g/mol. The lowest BCUT2D eigenvalue weighted by atomic mass is 10.1. The van der Waals surface area contributed by atoms with Crippen LogP contribution in [0.4, 0.5) is 0 Å². The number of hydrogen-bond acceptors (Lipinski definition) is 3. The molecule has 1 aromatic rings. The first-order valence-corrected chi connectivity index (χ1v) is 4.74. The van der Waals surface area contributed by atoms with Crippen molar-refractivity contribution < 1.29 is 9.53 Å². The van der Waals surface area contributed by atoms with Crippen molar-refractivity contribution in [2.45, 2.75) is 13.3 Å². The predicted octanol–water partition coefficient (Wildman–Crippen LogP) is 1.36. The number of esters is 1. The molecule has 1 aromatic carbocycles. The number of nitrogens with two attached hydrogens (primary N) is 1. The van der Waals surface area contributed by atoms with Crippen molar-refractivity contribution in [3.8, 4) is 0 Å². The molecule has 0 saturated heterocycles. The topological polar surface area (TPSA) is 52.3 Å². The maximum Gasteiger partial charge on any atom is 0.338 e. The summed E-state index contributed by atoms with van der Waals surface area (Å²) < 4.78 is 4.96. The van der Waals surface area contributed by atoms with Crippen LogP contribution in [0.1, 0.15) is 22.8 Å². The largest absolute Gasteiger partial charge is 0.461 e. The first-order valence-electron chi connectivity index (χ1n) is 4.74. The van der Waals surface area contributed by atoms with Crippen LogP contribution in [-0.4, -0.2) is 19.1 Å². The number of hydrogen-bond donors (Lipinski definition) is 1. The molecule has 0 heterocycles. The molecule has 0 amide bonds. The average molecular weight is 193 g/mol. The molecule has 0 bridgehead atoms. The van der Waals surface area contributed by atoms with Crippen LogP contribution in [0.5, 0.6) is 0 Å². The van der Waals surface area contributed by atoms with Gasteiger partial charge in [0, 0.05) is 6.54 Å². The number of rotatable bonds is 4. The van der Waals surface area contributed by atoms with Gasteiger partial charge in [-0.25, -0.2) is 4.79 Å². The molecule has 0 radical (unpaired) electrons. The highest BCUT2D eigenvalue weighted by molar-refractivity contribution is 5.91. The Balaban J connectivity index is 2.78. The van der Waals surface area contributed by atoms with Crippen LogP contribution in [0.25, 0.3) is 0 Å². The number of carbonyl (C=O) groups is 1. The molecule has 3 nitrogen and oxygen atoms in total. The highest BCUT2D eigenvalue weighted by Crippen LogP contribution is 2.10. The molecule has 0 spiro atoms. The summed E-state index contributed by atoms with van der Waals surface area (Å²) in [6.45, 7) is 2.64. The van der Waals surface area contributed by atoms with Crippen molar-refractivity contribution in [2.24, 2.45) is 5.73 Å². The first kappa shape index (κ1) is 10.7. The zero-order chi connectivity index (χ0) is 10.4. The summed E-state index contributed by atoms with van der Waals surface area (Å²) in [7, 11) is 0. The monoisotopic (exact) mass is 193 g/mol. The van der Waals surface area contributed by atoms with Gasteiger partial charge >= 0.3 is 5.97 Å². The molecule has 0 aromatic heterocycles. The molecule has 1 rings (SSSR count). The van der Waals surface area contributed by atoms with Gasteiger partial charge in [0.2, 0.25) is 0 Å². The van der Waals surface area contributed by atoms with Crippen molar-refractivity contribution in [1.82, 2.24) is 0 Å². The van der Waals surface area contributed by atoms with Crippen molar-refractivity contribution in [2.75, 3.05) is 13.2 Å². The van der Waals surface area contributed by atoms with Crippen LogP contribution in [0, 0.1) is 0 Å². The second-order valence-corrected chi connectivity index (χ2v) is 2.94. The van der Waals surface area contributed by atoms with Gasteiger partial charge in [-0.2, -0.15) is 0 Å². The van der Waals surface area contributed by atoms with E-state index < -0.39 is 0 Å². The van der Waals surface area contributed by atoms with E-state index >= 15 is 0 Å². The Bertz CT molecular complexity index is 310. The molecule has 0 aliphatic carbocycles. The molecule has 14 heavy (non-hydrogen) atoms. The summed E-state index contributed by atoms with van der Waals surface area (Å²) in [5.41, 5.74) is 6.90. The Morgan fingerprint density at radius 2 is 2.14 bits per heavy atom. The third-order valence-electron chi connectivity index (χ3n) is 1.97. The van der Waals surface area contributed by atoms with Gasteiger partial charge in [0.15, 0.2) is 0 Å². The van der Waals surface area contributed by atoms with Gasteiger partial charge in [0.1, 0.15) is 6.61 Å². The fourth-order valence-electron chi connectivity index (χ4n) is 1.26. The molecular formula is C11H15NO2. The molecule has 0 fully saturated rings. The fourth-order valence-corrected chi connectivity index (χ4v) is 1.26. The van der Waals surface area contributed by atoms with Gasteiger partial charge in [-0.1, -0.05) is 25.1 Å². The highest BCUT2D eigenvalue weighted by Gasteiger charge is 2.09. The van der Waals surface area contributed by atoms with Crippen LogP contribution >= 0.6 is 0 Å². The molecule has 0 atom stereocenters. The Kier molecular flexibility index (Phi) is 4.13. The Morgan fingerprint density at radius 1 is 1.43 bits per heavy atom. The van der Waals surface area contributed by atoms with Crippen LogP contribution in [0.2, 0.25) is 0 Å². The van der Waals surface area contributed by atoms with E-state index in [1.54, 1.807) is 6.07 Å². The minimum Gasteiger partial charge on any atom is -0.461 e. The van der Waals surface area contributed by atoms with Crippen LogP contribution < -0.4 is 5.73 Å². The van der Waals surface area contributed by atoms with E-state index in [0.29, 0.717) is 12.1 Å². The molecule has 76 valence electrons. The van der Waals surface area contributed by atoms with Gasteiger partial charge in [-0.3, -0.25) is 0 Å². The lowest BCUT2D eigenvalue weighted by Gasteiger charge is -2.06. The number of carbonyl (C=O) groups excluding carboxylic acids is 1. The SMILES string of the molecule is CCc1ccccc1C(=O)OCCN. The van der Waals surface area contributed by atoms with Gasteiger partial charge < -0.3 is 10.5 Å². The molecule has 0 aliphatic rings. The Labute approximate surface area is 83.9 Å². The average Bonchev–Trinajstić information content (AvgIpc) is 2.25. The standard InChI is InChI=1S/C11H15NO2/c1-2-9-5-3-4-6-10(9)11(13)14-8-7-12/h3-6H,2,7-8,12H2,1H3. The summed E-state index contributed by atoms with van der Waals surface area (Å²) in [6, 6.07) is 7.45. The van der Waals surface area contributed by atoms with Crippen molar-refractivity contribution in [3.05, 3.63) is 35.4 Å². The van der Waals surface area contributed by atoms with Gasteiger partial charge in [0.25, 0.3) is 0 Å². The second kappa shape index (κ2) is 5.40. The summed E-state index contributed by atoms with van der Waals surface area (Å²) in [6.07, 6.45) is 0.827. The third-order valence-corrected chi connectivity index (χ3v) is 1.97. The van der Waals surface area contributed by atoms with E-state index in [1.807, 2.05) is 25.1 Å². The van der Waals surface area contributed by atoms with E-state index in [9.17, 15) is 4.79 Å². The minimum absolute atomic E-state index is 0.275. The summed E-state index contributed by atoms with van der Waals surface area (Å²) >= 11 is 0. The smallest absolute Gasteiger partial charge is 0.338 e. The van der Waals surface area contributed by atoms with Gasteiger partial charge in [-0.15, -0.1) is 0 Å². The predicted molar refractivity (Wildman–Crippen MR) is 55.2 cm³/mol. The Morgan fingerprint density at radius 3 is 2.79 bits per heavy atom. The maximum atomic E-state index is 11.5. The number of benzene rings is 1. The lowest BCUT2D eigenvalue weighted by Crippen LogP contribution is -2.14. The lowest BCUT2D eigenvalue weighted by molar-refractivity contribution is 0.0515. The zero-order valence-electron chi connectivity index (χ0n) is 8.32. The van der Waals surface area contributed by atoms with Gasteiger partial charge in [-0.05, 0) is 18.1 Å². The maximum absolute atomic E-state index is 11.5. The van der Waals surface area contributed by atoms with E-state index in [4.69, 9.17) is 10.5 Å². The van der Waals surface area contributed by atoms with E-state index in [0.717, 1.165) is 12.0 Å². The van der Waals surface area contributed by atoms with Crippen molar-refractivity contribution in [3.63, 3.8) is 0 Å². The normalized spacial score (nSPS) is 9.86. The summed E-state index contributed by atoms with van der Waals surface area (Å²) in [5.74, 6) is -0.284. The minimum atomic E-state index is -0.284.